The fourth-order valence-corrected chi connectivity index (χ4v) is 3.43. The Bertz CT molecular complexity index is 551. The van der Waals surface area contributed by atoms with Crippen LogP contribution in [0.15, 0.2) is 29.3 Å². The molecule has 4 heteroatoms. The van der Waals surface area contributed by atoms with Gasteiger partial charge in [-0.2, -0.15) is 0 Å². The summed E-state index contributed by atoms with van der Waals surface area (Å²) in [6.45, 7) is 8.23. The molecule has 19 heavy (non-hydrogen) atoms. The van der Waals surface area contributed by atoms with E-state index in [1.807, 2.05) is 38.1 Å². The SMILES string of the molecule is CC1(C)CC(C)(C)C2(C=Nc3ccccc3O2)N1O. The molecular weight excluding hydrogens is 240 g/mol. The number of para-hydroxylation sites is 2. The minimum absolute atomic E-state index is 0.234. The van der Waals surface area contributed by atoms with Gasteiger partial charge in [0.1, 0.15) is 11.4 Å². The number of rotatable bonds is 0. The third-order valence-electron chi connectivity index (χ3n) is 4.24. The molecule has 1 aromatic rings. The van der Waals surface area contributed by atoms with Crippen molar-refractivity contribution in [3.63, 3.8) is 0 Å². The van der Waals surface area contributed by atoms with Crippen molar-refractivity contribution < 1.29 is 9.94 Å². The van der Waals surface area contributed by atoms with Crippen molar-refractivity contribution in [1.82, 2.24) is 5.06 Å². The molecule has 2 aliphatic rings. The van der Waals surface area contributed by atoms with Gasteiger partial charge in [0, 0.05) is 11.0 Å². The summed E-state index contributed by atoms with van der Waals surface area (Å²) in [5.74, 6) is 0.717. The summed E-state index contributed by atoms with van der Waals surface area (Å²) in [5.41, 5.74) is -0.670. The van der Waals surface area contributed by atoms with Crippen molar-refractivity contribution >= 4 is 11.9 Å². The van der Waals surface area contributed by atoms with Gasteiger partial charge in [0.25, 0.3) is 0 Å². The largest absolute Gasteiger partial charge is 0.462 e. The minimum Gasteiger partial charge on any atom is -0.462 e. The van der Waals surface area contributed by atoms with Crippen molar-refractivity contribution in [3.05, 3.63) is 24.3 Å². The molecule has 1 saturated heterocycles. The number of benzene rings is 1. The molecule has 1 spiro atoms. The summed E-state index contributed by atoms with van der Waals surface area (Å²) in [7, 11) is 0. The minimum atomic E-state index is -0.898. The number of ether oxygens (including phenoxy) is 1. The molecular formula is C15H20N2O2. The predicted octanol–water partition coefficient (Wildman–Crippen LogP) is 3.38. The summed E-state index contributed by atoms with van der Waals surface area (Å²) >= 11 is 0. The quantitative estimate of drug-likeness (QED) is 0.777. The van der Waals surface area contributed by atoms with E-state index in [0.717, 1.165) is 17.9 Å². The van der Waals surface area contributed by atoms with E-state index in [-0.39, 0.29) is 11.0 Å². The van der Waals surface area contributed by atoms with Crippen LogP contribution in [0.5, 0.6) is 5.75 Å². The van der Waals surface area contributed by atoms with E-state index < -0.39 is 5.72 Å². The van der Waals surface area contributed by atoms with Crippen molar-refractivity contribution in [3.8, 4) is 5.75 Å². The third kappa shape index (κ3) is 1.56. The third-order valence-corrected chi connectivity index (χ3v) is 4.24. The molecule has 1 atom stereocenters. The van der Waals surface area contributed by atoms with Crippen LogP contribution in [-0.2, 0) is 0 Å². The van der Waals surface area contributed by atoms with Gasteiger partial charge < -0.3 is 9.94 Å². The highest BCUT2D eigenvalue weighted by molar-refractivity contribution is 5.78. The molecule has 0 aliphatic carbocycles. The predicted molar refractivity (Wildman–Crippen MR) is 74.1 cm³/mol. The lowest BCUT2D eigenvalue weighted by Gasteiger charge is -2.43. The molecule has 0 aromatic heterocycles. The molecule has 2 aliphatic heterocycles. The average Bonchev–Trinajstić information content (AvgIpc) is 2.47. The summed E-state index contributed by atoms with van der Waals surface area (Å²) in [4.78, 5) is 4.49. The molecule has 1 fully saturated rings. The van der Waals surface area contributed by atoms with Crippen LogP contribution in [0.4, 0.5) is 5.69 Å². The standard InChI is InChI=1S/C15H20N2O2/c1-13(2)9-14(3,4)17(18)15(13)10-16-11-7-5-6-8-12(11)19-15/h5-8,10,18H,9H2,1-4H3. The van der Waals surface area contributed by atoms with Crippen LogP contribution in [-0.4, -0.2) is 27.7 Å². The number of hydrogen-bond donors (Lipinski definition) is 1. The van der Waals surface area contributed by atoms with Crippen LogP contribution in [0, 0.1) is 5.41 Å². The zero-order valence-electron chi connectivity index (χ0n) is 11.8. The molecule has 0 bridgehead atoms. The topological polar surface area (TPSA) is 45.1 Å². The maximum absolute atomic E-state index is 10.6. The lowest BCUT2D eigenvalue weighted by molar-refractivity contribution is -0.249. The van der Waals surface area contributed by atoms with Crippen LogP contribution >= 0.6 is 0 Å². The van der Waals surface area contributed by atoms with E-state index in [1.165, 1.54) is 5.06 Å². The van der Waals surface area contributed by atoms with E-state index in [4.69, 9.17) is 4.74 Å². The van der Waals surface area contributed by atoms with Crippen molar-refractivity contribution in [2.24, 2.45) is 10.4 Å². The van der Waals surface area contributed by atoms with E-state index in [0.29, 0.717) is 0 Å². The highest BCUT2D eigenvalue weighted by Gasteiger charge is 2.64. The fraction of sp³-hybridized carbons (Fsp3) is 0.533. The lowest BCUT2D eigenvalue weighted by atomic mass is 9.79. The van der Waals surface area contributed by atoms with Gasteiger partial charge in [-0.1, -0.05) is 26.0 Å². The Kier molecular flexibility index (Phi) is 2.38. The zero-order valence-corrected chi connectivity index (χ0v) is 11.8. The Labute approximate surface area is 113 Å². The number of nitrogens with zero attached hydrogens (tertiary/aromatic N) is 2. The number of fused-ring (bicyclic) bond motifs is 1. The summed E-state index contributed by atoms with van der Waals surface area (Å²) in [5, 5.41) is 11.9. The maximum atomic E-state index is 10.6. The highest BCUT2D eigenvalue weighted by Crippen LogP contribution is 2.54. The molecule has 102 valence electrons. The summed E-state index contributed by atoms with van der Waals surface area (Å²) in [6, 6.07) is 7.65. The second-order valence-corrected chi connectivity index (χ2v) is 6.71. The first kappa shape index (κ1) is 12.6. The summed E-state index contributed by atoms with van der Waals surface area (Å²) in [6.07, 6.45) is 2.56. The zero-order chi connectivity index (χ0) is 13.9. The van der Waals surface area contributed by atoms with Gasteiger partial charge in [-0.05, 0) is 32.4 Å². The van der Waals surface area contributed by atoms with Crippen molar-refractivity contribution in [1.29, 1.82) is 0 Å². The molecule has 0 saturated carbocycles. The Morgan fingerprint density at radius 1 is 1.21 bits per heavy atom. The smallest absolute Gasteiger partial charge is 0.226 e. The Morgan fingerprint density at radius 3 is 2.53 bits per heavy atom. The van der Waals surface area contributed by atoms with E-state index in [1.54, 1.807) is 6.21 Å². The first-order chi connectivity index (χ1) is 8.79. The fourth-order valence-electron chi connectivity index (χ4n) is 3.43. The van der Waals surface area contributed by atoms with Crippen LogP contribution in [0.25, 0.3) is 0 Å². The monoisotopic (exact) mass is 260 g/mol. The van der Waals surface area contributed by atoms with Gasteiger partial charge in [-0.3, -0.25) is 4.99 Å². The van der Waals surface area contributed by atoms with Crippen LogP contribution in [0.2, 0.25) is 0 Å². The average molecular weight is 260 g/mol. The molecule has 1 aromatic carbocycles. The molecule has 4 nitrogen and oxygen atoms in total. The Morgan fingerprint density at radius 2 is 1.89 bits per heavy atom. The van der Waals surface area contributed by atoms with Gasteiger partial charge >= 0.3 is 0 Å². The van der Waals surface area contributed by atoms with Crippen LogP contribution in [0.3, 0.4) is 0 Å². The highest BCUT2D eigenvalue weighted by atomic mass is 16.6. The number of aliphatic imine (C=N–C) groups is 1. The van der Waals surface area contributed by atoms with E-state index in [9.17, 15) is 5.21 Å². The molecule has 3 rings (SSSR count). The van der Waals surface area contributed by atoms with E-state index >= 15 is 0 Å². The lowest BCUT2D eigenvalue weighted by Crippen LogP contribution is -2.60. The molecule has 0 radical (unpaired) electrons. The van der Waals surface area contributed by atoms with Crippen molar-refractivity contribution in [2.45, 2.75) is 45.4 Å². The Hall–Kier alpha value is -1.39. The van der Waals surface area contributed by atoms with Crippen LogP contribution < -0.4 is 4.74 Å². The van der Waals surface area contributed by atoms with Crippen molar-refractivity contribution in [2.75, 3.05) is 0 Å². The van der Waals surface area contributed by atoms with Gasteiger partial charge in [-0.25, -0.2) is 0 Å². The first-order valence-electron chi connectivity index (χ1n) is 6.61. The van der Waals surface area contributed by atoms with Gasteiger partial charge in [0.05, 0.1) is 6.21 Å². The molecule has 2 heterocycles. The number of hydrogen-bond acceptors (Lipinski definition) is 4. The van der Waals surface area contributed by atoms with Gasteiger partial charge in [0.15, 0.2) is 0 Å². The maximum Gasteiger partial charge on any atom is 0.226 e. The normalized spacial score (nSPS) is 31.2. The van der Waals surface area contributed by atoms with Gasteiger partial charge in [0.2, 0.25) is 5.72 Å². The first-order valence-corrected chi connectivity index (χ1v) is 6.61. The number of hydroxylamine groups is 2. The Balaban J connectivity index is 2.11. The van der Waals surface area contributed by atoms with E-state index in [2.05, 4.69) is 18.8 Å². The van der Waals surface area contributed by atoms with Gasteiger partial charge in [-0.15, -0.1) is 5.06 Å². The van der Waals surface area contributed by atoms with Crippen LogP contribution in [0.1, 0.15) is 34.1 Å². The summed E-state index contributed by atoms with van der Waals surface area (Å²) < 4.78 is 6.17. The molecule has 0 amide bonds. The second-order valence-electron chi connectivity index (χ2n) is 6.71. The second kappa shape index (κ2) is 3.58. The molecule has 1 N–H and O–H groups in total. The molecule has 1 unspecified atom stereocenters.